The van der Waals surface area contributed by atoms with E-state index in [2.05, 4.69) is 10.0 Å². The maximum Gasteiger partial charge on any atom is 0.238 e. The predicted molar refractivity (Wildman–Crippen MR) is 115 cm³/mol. The zero-order valence-electron chi connectivity index (χ0n) is 15.7. The molecule has 0 aliphatic carbocycles. The Morgan fingerprint density at radius 3 is 2.28 bits per heavy atom. The molecule has 3 aromatic carbocycles. The normalized spacial score (nSPS) is 16.2. The SMILES string of the molecule is CS(=O)(=O)Nc1ccc(N=C(c2ccccc2)C2C(=O)Nc3ccccc32)cc1. The fourth-order valence-corrected chi connectivity index (χ4v) is 3.91. The Bertz CT molecular complexity index is 1190. The molecule has 6 nitrogen and oxygen atoms in total. The van der Waals surface area contributed by atoms with Crippen molar-refractivity contribution in [2.75, 3.05) is 16.3 Å². The minimum Gasteiger partial charge on any atom is -0.325 e. The van der Waals surface area contributed by atoms with Gasteiger partial charge in [-0.15, -0.1) is 0 Å². The topological polar surface area (TPSA) is 87.6 Å². The maximum atomic E-state index is 12.8. The lowest BCUT2D eigenvalue weighted by molar-refractivity contribution is -0.115. The van der Waals surface area contributed by atoms with E-state index in [4.69, 9.17) is 4.99 Å². The van der Waals surface area contributed by atoms with Gasteiger partial charge in [-0.25, -0.2) is 8.42 Å². The first-order chi connectivity index (χ1) is 13.9. The predicted octanol–water partition coefficient (Wildman–Crippen LogP) is 3.91. The van der Waals surface area contributed by atoms with E-state index in [0.717, 1.165) is 23.1 Å². The summed E-state index contributed by atoms with van der Waals surface area (Å²) in [7, 11) is -3.35. The molecule has 0 bridgehead atoms. The van der Waals surface area contributed by atoms with Crippen LogP contribution in [0, 0.1) is 0 Å². The lowest BCUT2D eigenvalue weighted by Gasteiger charge is -2.14. The van der Waals surface area contributed by atoms with Crippen LogP contribution in [0.4, 0.5) is 17.1 Å². The third-order valence-electron chi connectivity index (χ3n) is 4.55. The van der Waals surface area contributed by atoms with Crippen molar-refractivity contribution in [1.82, 2.24) is 0 Å². The number of hydrogen-bond donors (Lipinski definition) is 2. The van der Waals surface area contributed by atoms with Gasteiger partial charge in [0.1, 0.15) is 5.92 Å². The Morgan fingerprint density at radius 1 is 0.931 bits per heavy atom. The Hall–Kier alpha value is -3.45. The molecule has 0 fully saturated rings. The Balaban J connectivity index is 1.77. The van der Waals surface area contributed by atoms with Gasteiger partial charge in [-0.05, 0) is 41.5 Å². The van der Waals surface area contributed by atoms with Crippen LogP contribution in [-0.2, 0) is 14.8 Å². The van der Waals surface area contributed by atoms with Crippen molar-refractivity contribution in [1.29, 1.82) is 0 Å². The number of hydrogen-bond acceptors (Lipinski definition) is 4. The molecule has 0 spiro atoms. The van der Waals surface area contributed by atoms with Crippen LogP contribution in [0.5, 0.6) is 0 Å². The van der Waals surface area contributed by atoms with Gasteiger partial charge in [0.2, 0.25) is 15.9 Å². The number of amides is 1. The summed E-state index contributed by atoms with van der Waals surface area (Å²) in [5, 5.41) is 2.92. The Kier molecular flexibility index (Phi) is 4.90. The average Bonchev–Trinajstić information content (AvgIpc) is 3.02. The largest absolute Gasteiger partial charge is 0.325 e. The number of rotatable bonds is 5. The molecule has 4 rings (SSSR count). The van der Waals surface area contributed by atoms with Crippen molar-refractivity contribution < 1.29 is 13.2 Å². The van der Waals surface area contributed by atoms with Crippen LogP contribution in [0.25, 0.3) is 0 Å². The van der Waals surface area contributed by atoms with Crippen molar-refractivity contribution >= 4 is 38.7 Å². The van der Waals surface area contributed by atoms with Gasteiger partial charge in [-0.1, -0.05) is 48.5 Å². The summed E-state index contributed by atoms with van der Waals surface area (Å²) < 4.78 is 25.2. The Labute approximate surface area is 169 Å². The lowest BCUT2D eigenvalue weighted by atomic mass is 9.90. The second-order valence-corrected chi connectivity index (χ2v) is 8.54. The molecule has 1 aliphatic heterocycles. The van der Waals surface area contributed by atoms with E-state index >= 15 is 0 Å². The van der Waals surface area contributed by atoms with Crippen molar-refractivity contribution in [2.24, 2.45) is 4.99 Å². The molecule has 146 valence electrons. The number of anilines is 2. The molecule has 0 saturated heterocycles. The molecule has 1 amide bonds. The molecule has 2 N–H and O–H groups in total. The van der Waals surface area contributed by atoms with Gasteiger partial charge in [0.05, 0.1) is 17.7 Å². The molecular weight excluding hydrogens is 386 g/mol. The highest BCUT2D eigenvalue weighted by Crippen LogP contribution is 2.36. The molecule has 0 saturated carbocycles. The highest BCUT2D eigenvalue weighted by molar-refractivity contribution is 7.92. The van der Waals surface area contributed by atoms with Gasteiger partial charge in [-0.2, -0.15) is 0 Å². The van der Waals surface area contributed by atoms with Crippen LogP contribution in [0.2, 0.25) is 0 Å². The molecule has 1 atom stereocenters. The summed E-state index contributed by atoms with van der Waals surface area (Å²) in [5.74, 6) is -0.647. The van der Waals surface area contributed by atoms with Crippen molar-refractivity contribution in [3.63, 3.8) is 0 Å². The van der Waals surface area contributed by atoms with Crippen LogP contribution in [0.1, 0.15) is 17.0 Å². The van der Waals surface area contributed by atoms with Crippen LogP contribution in [0.3, 0.4) is 0 Å². The third-order valence-corrected chi connectivity index (χ3v) is 5.16. The average molecular weight is 405 g/mol. The highest BCUT2D eigenvalue weighted by atomic mass is 32.2. The van der Waals surface area contributed by atoms with Crippen molar-refractivity contribution in [2.45, 2.75) is 5.92 Å². The first-order valence-electron chi connectivity index (χ1n) is 9.02. The number of benzene rings is 3. The Morgan fingerprint density at radius 2 is 1.59 bits per heavy atom. The fourth-order valence-electron chi connectivity index (χ4n) is 3.34. The number of aliphatic imine (C=N–C) groups is 1. The van der Waals surface area contributed by atoms with Crippen LogP contribution in [-0.4, -0.2) is 26.3 Å². The summed E-state index contributed by atoms with van der Waals surface area (Å²) in [6, 6.07) is 23.9. The van der Waals surface area contributed by atoms with Gasteiger partial charge in [0.25, 0.3) is 0 Å². The number of para-hydroxylation sites is 1. The van der Waals surface area contributed by atoms with E-state index < -0.39 is 15.9 Å². The molecule has 7 heteroatoms. The number of nitrogens with zero attached hydrogens (tertiary/aromatic N) is 1. The van der Waals surface area contributed by atoms with E-state index in [1.807, 2.05) is 54.6 Å². The van der Waals surface area contributed by atoms with Gasteiger partial charge in [0.15, 0.2) is 0 Å². The summed E-state index contributed by atoms with van der Waals surface area (Å²) in [6.07, 6.45) is 1.10. The third kappa shape index (κ3) is 4.20. The van der Waals surface area contributed by atoms with Crippen molar-refractivity contribution in [3.8, 4) is 0 Å². The van der Waals surface area contributed by atoms with Gasteiger partial charge in [-0.3, -0.25) is 14.5 Å². The van der Waals surface area contributed by atoms with Crippen LogP contribution in [0.15, 0.2) is 83.9 Å². The first-order valence-corrected chi connectivity index (χ1v) is 10.9. The molecule has 1 aliphatic rings. The van der Waals surface area contributed by atoms with Crippen LogP contribution >= 0.6 is 0 Å². The number of fused-ring (bicyclic) bond motifs is 1. The zero-order valence-corrected chi connectivity index (χ0v) is 16.5. The molecule has 3 aromatic rings. The number of carbonyl (C=O) groups excluding carboxylic acids is 1. The summed E-state index contributed by atoms with van der Waals surface area (Å²) in [4.78, 5) is 17.6. The van der Waals surface area contributed by atoms with Gasteiger partial charge < -0.3 is 5.32 Å². The maximum absolute atomic E-state index is 12.8. The first kappa shape index (κ1) is 18.9. The van der Waals surface area contributed by atoms with E-state index in [9.17, 15) is 13.2 Å². The standard InChI is InChI=1S/C22H19N3O3S/c1-29(27,28)25-17-13-11-16(12-14-17)23-21(15-7-3-2-4-8-15)20-18-9-5-6-10-19(18)24-22(20)26/h2-14,20,25H,1H3,(H,24,26). The van der Waals surface area contributed by atoms with Crippen molar-refractivity contribution in [3.05, 3.63) is 90.0 Å². The molecule has 0 radical (unpaired) electrons. The summed E-state index contributed by atoms with van der Waals surface area (Å²) in [5.41, 5.74) is 4.24. The minimum atomic E-state index is -3.35. The number of sulfonamides is 1. The molecule has 0 aromatic heterocycles. The molecule has 1 heterocycles. The minimum absolute atomic E-state index is 0.121. The monoisotopic (exact) mass is 405 g/mol. The highest BCUT2D eigenvalue weighted by Gasteiger charge is 2.35. The second-order valence-electron chi connectivity index (χ2n) is 6.79. The smallest absolute Gasteiger partial charge is 0.238 e. The van der Waals surface area contributed by atoms with E-state index in [1.165, 1.54) is 0 Å². The summed E-state index contributed by atoms with van der Waals surface area (Å²) >= 11 is 0. The molecule has 29 heavy (non-hydrogen) atoms. The van der Waals surface area contributed by atoms with Crippen LogP contribution < -0.4 is 10.0 Å². The lowest BCUT2D eigenvalue weighted by Crippen LogP contribution is -2.21. The quantitative estimate of drug-likeness (QED) is 0.631. The number of nitrogens with one attached hydrogen (secondary N) is 2. The number of carbonyl (C=O) groups is 1. The van der Waals surface area contributed by atoms with E-state index in [0.29, 0.717) is 17.1 Å². The molecule has 1 unspecified atom stereocenters. The van der Waals surface area contributed by atoms with E-state index in [-0.39, 0.29) is 5.91 Å². The molecular formula is C22H19N3O3S. The van der Waals surface area contributed by atoms with Gasteiger partial charge >= 0.3 is 0 Å². The van der Waals surface area contributed by atoms with Gasteiger partial charge in [0, 0.05) is 11.4 Å². The zero-order chi connectivity index (χ0) is 20.4. The fraction of sp³-hybridized carbons (Fsp3) is 0.0909. The van der Waals surface area contributed by atoms with E-state index in [1.54, 1.807) is 24.3 Å². The summed E-state index contributed by atoms with van der Waals surface area (Å²) in [6.45, 7) is 0. The second kappa shape index (κ2) is 7.52.